The van der Waals surface area contributed by atoms with Crippen molar-refractivity contribution >= 4 is 47.6 Å². The Bertz CT molecular complexity index is 1040. The summed E-state index contributed by atoms with van der Waals surface area (Å²) < 4.78 is -0.620. The first-order valence-corrected chi connectivity index (χ1v) is 11.6. The molecule has 2 aliphatic heterocycles. The Morgan fingerprint density at radius 3 is 2.72 bits per heavy atom. The van der Waals surface area contributed by atoms with Gasteiger partial charge in [-0.25, -0.2) is 9.78 Å². The van der Waals surface area contributed by atoms with Crippen molar-refractivity contribution in [2.45, 2.75) is 35.1 Å². The van der Waals surface area contributed by atoms with Crippen LogP contribution in [-0.2, 0) is 19.4 Å². The van der Waals surface area contributed by atoms with Crippen LogP contribution in [0.5, 0.6) is 0 Å². The molecule has 0 aliphatic carbocycles. The molecule has 2 aromatic rings. The molecule has 0 radical (unpaired) electrons. The average Bonchev–Trinajstić information content (AvgIpc) is 3.37. The van der Waals surface area contributed by atoms with Gasteiger partial charge in [0.2, 0.25) is 5.91 Å². The molecule has 1 unspecified atom stereocenters. The fraction of sp³-hybridized carbons (Fsp3) is 0.350. The van der Waals surface area contributed by atoms with Gasteiger partial charge in [0.1, 0.15) is 21.8 Å². The van der Waals surface area contributed by atoms with Gasteiger partial charge in [0.25, 0.3) is 0 Å². The lowest BCUT2D eigenvalue weighted by atomic mass is 9.78. The molecule has 4 rings (SSSR count). The molecule has 2 aromatic heterocycles. The highest BCUT2D eigenvalue weighted by Gasteiger charge is 2.68. The number of thiazole rings is 1. The first-order chi connectivity index (χ1) is 15.3. The summed E-state index contributed by atoms with van der Waals surface area (Å²) in [5.74, 6) is -1.51. The summed E-state index contributed by atoms with van der Waals surface area (Å²) >= 11 is 7.14. The zero-order chi connectivity index (χ0) is 23.6. The van der Waals surface area contributed by atoms with E-state index in [4.69, 9.17) is 4.89 Å². The molecule has 4 heterocycles. The second-order valence-corrected chi connectivity index (χ2v) is 9.74. The Hall–Kier alpha value is -2.25. The average molecular weight is 495 g/mol. The zero-order valence-corrected chi connectivity index (χ0v) is 20.1. The number of rotatable bonds is 6. The molecule has 170 valence electrons. The number of carbonyl (C=O) groups is 2. The van der Waals surface area contributed by atoms with Gasteiger partial charge >= 0.3 is 5.97 Å². The summed E-state index contributed by atoms with van der Waals surface area (Å²) in [6.45, 7) is 9.39. The molecule has 4 atom stereocenters. The summed E-state index contributed by atoms with van der Waals surface area (Å²) in [5, 5.41) is 12.0. The van der Waals surface area contributed by atoms with Crippen LogP contribution >= 0.6 is 35.7 Å². The Morgan fingerprint density at radius 1 is 1.41 bits per heavy atom. The third-order valence-corrected chi connectivity index (χ3v) is 8.20. The maximum absolute atomic E-state index is 12.8. The summed E-state index contributed by atoms with van der Waals surface area (Å²) in [5.41, 5.74) is 1.39. The molecule has 1 saturated heterocycles. The molecule has 12 heteroatoms. The van der Waals surface area contributed by atoms with Crippen LogP contribution in [0.3, 0.4) is 0 Å². The topological polar surface area (TPSA) is 115 Å². The molecule has 32 heavy (non-hydrogen) atoms. The number of hydrogen-bond donors (Lipinski definition) is 2. The molecule has 0 aromatic carbocycles. The molecule has 0 saturated carbocycles. The Balaban J connectivity index is 0.00000141. The van der Waals surface area contributed by atoms with Gasteiger partial charge in [0.15, 0.2) is 4.34 Å². The first kappa shape index (κ1) is 24.4. The summed E-state index contributed by atoms with van der Waals surface area (Å²) in [6, 6.07) is -0.491. The number of β-lactam (4-membered cyclic amide) rings is 1. The van der Waals surface area contributed by atoms with Gasteiger partial charge in [-0.05, 0) is 6.92 Å². The van der Waals surface area contributed by atoms with E-state index in [2.05, 4.69) is 45.6 Å². The quantitative estimate of drug-likeness (QED) is 0.206. The largest absolute Gasteiger partial charge is 0.391 e. The third-order valence-electron chi connectivity index (χ3n) is 5.15. The minimum absolute atomic E-state index is 0.0888. The van der Waals surface area contributed by atoms with Crippen LogP contribution in [0.2, 0.25) is 0 Å². The van der Waals surface area contributed by atoms with Crippen molar-refractivity contribution in [3.8, 4) is 11.4 Å². The van der Waals surface area contributed by atoms with Crippen molar-refractivity contribution in [2.75, 3.05) is 7.11 Å². The molecule has 0 bridgehead atoms. The van der Waals surface area contributed by atoms with Gasteiger partial charge < -0.3 is 5.11 Å². The van der Waals surface area contributed by atoms with Crippen molar-refractivity contribution in [3.05, 3.63) is 47.7 Å². The molecular formula is C20H22N4O5S3. The van der Waals surface area contributed by atoms with E-state index in [0.717, 1.165) is 0 Å². The van der Waals surface area contributed by atoms with Crippen LogP contribution in [0.25, 0.3) is 11.4 Å². The third kappa shape index (κ3) is 3.86. The fourth-order valence-electron chi connectivity index (χ4n) is 3.73. The highest BCUT2D eigenvalue weighted by Crippen LogP contribution is 2.56. The van der Waals surface area contributed by atoms with Crippen LogP contribution in [0.15, 0.2) is 52.1 Å². The number of aliphatic hydroxyl groups is 1. The predicted octanol–water partition coefficient (Wildman–Crippen LogP) is 2.72. The van der Waals surface area contributed by atoms with Gasteiger partial charge in [-0.15, -0.1) is 24.5 Å². The minimum atomic E-state index is -1.28. The van der Waals surface area contributed by atoms with Crippen molar-refractivity contribution < 1.29 is 24.5 Å². The van der Waals surface area contributed by atoms with Crippen LogP contribution in [0, 0.1) is 5.92 Å². The van der Waals surface area contributed by atoms with Crippen molar-refractivity contribution in [1.29, 1.82) is 0 Å². The molecule has 2 aliphatic rings. The smallest absolute Gasteiger partial charge is 0.390 e. The summed E-state index contributed by atoms with van der Waals surface area (Å²) in [4.78, 5) is 49.5. The number of nitrogens with zero attached hydrogens (tertiary/aromatic N) is 4. The highest BCUT2D eigenvalue weighted by atomic mass is 32.2. The van der Waals surface area contributed by atoms with Crippen LogP contribution in [-0.4, -0.2) is 60.8 Å². The number of thiol groups is 1. The van der Waals surface area contributed by atoms with Crippen LogP contribution < -0.4 is 0 Å². The van der Waals surface area contributed by atoms with E-state index in [9.17, 15) is 14.7 Å². The molecule has 1 fully saturated rings. The van der Waals surface area contributed by atoms with Crippen molar-refractivity contribution in [3.63, 3.8) is 0 Å². The normalized spacial score (nSPS) is 24.9. The maximum Gasteiger partial charge on any atom is 0.390 e. The summed E-state index contributed by atoms with van der Waals surface area (Å²) in [6.07, 6.45) is 3.78. The SMILES string of the molecule is C=C.COOC(=O)C1=C(Sc2nc(-c3cnccn3)cs2)[C@H](C)C2N1C(=O)[C@]2(S)[C@@H](C)O. The van der Waals surface area contributed by atoms with E-state index < -0.39 is 28.8 Å². The summed E-state index contributed by atoms with van der Waals surface area (Å²) in [7, 11) is 1.21. The number of carbonyl (C=O) groups excluding carboxylic acids is 2. The van der Waals surface area contributed by atoms with E-state index in [1.54, 1.807) is 18.6 Å². The lowest BCUT2D eigenvalue weighted by Gasteiger charge is -2.53. The molecular weight excluding hydrogens is 472 g/mol. The number of aliphatic hydroxyl groups excluding tert-OH is 1. The molecule has 0 spiro atoms. The van der Waals surface area contributed by atoms with Gasteiger partial charge in [0, 0.05) is 28.6 Å². The minimum Gasteiger partial charge on any atom is -0.391 e. The number of aromatic nitrogens is 3. The van der Waals surface area contributed by atoms with E-state index in [-0.39, 0.29) is 11.6 Å². The number of amides is 1. The van der Waals surface area contributed by atoms with E-state index in [1.807, 2.05) is 12.3 Å². The van der Waals surface area contributed by atoms with E-state index in [1.165, 1.54) is 42.0 Å². The van der Waals surface area contributed by atoms with Gasteiger partial charge in [-0.3, -0.25) is 24.5 Å². The highest BCUT2D eigenvalue weighted by molar-refractivity contribution is 8.04. The number of hydrogen-bond acceptors (Lipinski definition) is 11. The molecule has 1 N–H and O–H groups in total. The van der Waals surface area contributed by atoms with Gasteiger partial charge in [0.05, 0.1) is 25.5 Å². The second-order valence-electron chi connectivity index (χ2n) is 6.85. The predicted molar refractivity (Wildman–Crippen MR) is 124 cm³/mol. The van der Waals surface area contributed by atoms with E-state index >= 15 is 0 Å². The monoisotopic (exact) mass is 494 g/mol. The zero-order valence-electron chi connectivity index (χ0n) is 17.6. The number of fused-ring (bicyclic) bond motifs is 1. The number of thioether (sulfide) groups is 1. The standard InChI is InChI=1S/C18H18N4O5S3.C2H4/c1-8-13(30-17-21-11(7-29-17)10-6-19-4-5-20-10)12(15(24)27-26-3)22-14(8)18(28,9(2)23)16(22)25;1-2/h4-9,14,23,28H,1-3H3;1-2H2/t8-,9+,14?,18-;/m0./s1. The maximum atomic E-state index is 12.8. The van der Waals surface area contributed by atoms with Crippen LogP contribution in [0.4, 0.5) is 0 Å². The molecule has 1 amide bonds. The van der Waals surface area contributed by atoms with E-state index in [0.29, 0.717) is 20.6 Å². The fourth-order valence-corrected chi connectivity index (χ4v) is 6.24. The lowest BCUT2D eigenvalue weighted by Crippen LogP contribution is -2.74. The lowest BCUT2D eigenvalue weighted by molar-refractivity contribution is -0.252. The first-order valence-electron chi connectivity index (χ1n) is 9.43. The van der Waals surface area contributed by atoms with Crippen molar-refractivity contribution in [2.24, 2.45) is 5.92 Å². The Kier molecular flexibility index (Phi) is 7.40. The Morgan fingerprint density at radius 2 is 2.12 bits per heavy atom. The van der Waals surface area contributed by atoms with Crippen molar-refractivity contribution in [1.82, 2.24) is 19.9 Å². The second kappa shape index (κ2) is 9.71. The molecule has 9 nitrogen and oxygen atoms in total. The van der Waals surface area contributed by atoms with Crippen LogP contribution in [0.1, 0.15) is 13.8 Å². The Labute approximate surface area is 198 Å². The van der Waals surface area contributed by atoms with Gasteiger partial charge in [-0.2, -0.15) is 17.5 Å². The van der Waals surface area contributed by atoms with Gasteiger partial charge in [-0.1, -0.05) is 18.7 Å².